The summed E-state index contributed by atoms with van der Waals surface area (Å²) in [6, 6.07) is 10.9. The van der Waals surface area contributed by atoms with Crippen molar-refractivity contribution in [1.29, 1.82) is 0 Å². The SMILES string of the molecule is CC#CCOc1cc2ccccc2cc1C(=O)O. The minimum absolute atomic E-state index is 0.159. The Labute approximate surface area is 105 Å². The summed E-state index contributed by atoms with van der Waals surface area (Å²) >= 11 is 0. The van der Waals surface area contributed by atoms with Crippen LogP contribution in [-0.2, 0) is 0 Å². The van der Waals surface area contributed by atoms with Crippen LogP contribution < -0.4 is 4.74 Å². The number of hydrogen-bond acceptors (Lipinski definition) is 2. The number of rotatable bonds is 3. The van der Waals surface area contributed by atoms with Crippen LogP contribution in [0.2, 0.25) is 0 Å². The Kier molecular flexibility index (Phi) is 3.49. The summed E-state index contributed by atoms with van der Waals surface area (Å²) in [5.74, 6) is 4.80. The standard InChI is InChI=1S/C15H12O3/c1-2-3-8-18-14-10-12-7-5-4-6-11(12)9-13(14)15(16)17/h4-7,9-10H,8H2,1H3,(H,16,17). The van der Waals surface area contributed by atoms with Crippen molar-refractivity contribution in [2.45, 2.75) is 6.92 Å². The van der Waals surface area contributed by atoms with E-state index in [1.165, 1.54) is 0 Å². The van der Waals surface area contributed by atoms with Gasteiger partial charge in [0.25, 0.3) is 0 Å². The normalized spacial score (nSPS) is 9.61. The molecule has 90 valence electrons. The van der Waals surface area contributed by atoms with Gasteiger partial charge in [-0.15, -0.1) is 5.92 Å². The smallest absolute Gasteiger partial charge is 0.339 e. The van der Waals surface area contributed by atoms with E-state index in [1.807, 2.05) is 24.3 Å². The van der Waals surface area contributed by atoms with Crippen LogP contribution in [0.1, 0.15) is 17.3 Å². The Balaban J connectivity index is 2.49. The fourth-order valence-corrected chi connectivity index (χ4v) is 1.69. The van der Waals surface area contributed by atoms with Crippen LogP contribution in [0.25, 0.3) is 10.8 Å². The molecule has 3 heteroatoms. The highest BCUT2D eigenvalue weighted by molar-refractivity contribution is 5.97. The topological polar surface area (TPSA) is 46.5 Å². The number of carbonyl (C=O) groups is 1. The molecule has 2 aromatic rings. The summed E-state index contributed by atoms with van der Waals surface area (Å²) in [7, 11) is 0. The molecule has 1 N–H and O–H groups in total. The number of carboxylic acids is 1. The Hall–Kier alpha value is -2.47. The summed E-state index contributed by atoms with van der Waals surface area (Å²) in [5, 5.41) is 11.0. The first-order chi connectivity index (χ1) is 8.72. The van der Waals surface area contributed by atoms with Crippen molar-refractivity contribution in [2.24, 2.45) is 0 Å². The molecule has 18 heavy (non-hydrogen) atoms. The van der Waals surface area contributed by atoms with Crippen LogP contribution in [0.3, 0.4) is 0 Å². The molecular formula is C15H12O3. The first kappa shape index (κ1) is 12.0. The second-order valence-corrected chi connectivity index (χ2v) is 3.72. The molecule has 3 nitrogen and oxygen atoms in total. The van der Waals surface area contributed by atoms with Crippen molar-refractivity contribution >= 4 is 16.7 Å². The lowest BCUT2D eigenvalue weighted by Crippen LogP contribution is -2.03. The van der Waals surface area contributed by atoms with Gasteiger partial charge in [0.1, 0.15) is 17.9 Å². The quantitative estimate of drug-likeness (QED) is 0.839. The predicted molar refractivity (Wildman–Crippen MR) is 69.9 cm³/mol. The number of carboxylic acid groups (broad SMARTS) is 1. The molecule has 0 atom stereocenters. The molecule has 0 aliphatic rings. The molecule has 0 heterocycles. The summed E-state index contributed by atoms with van der Waals surface area (Å²) in [4.78, 5) is 11.2. The summed E-state index contributed by atoms with van der Waals surface area (Å²) in [6.07, 6.45) is 0. The highest BCUT2D eigenvalue weighted by Crippen LogP contribution is 2.26. The van der Waals surface area contributed by atoms with Crippen LogP contribution in [0.4, 0.5) is 0 Å². The third-order valence-corrected chi connectivity index (χ3v) is 2.55. The van der Waals surface area contributed by atoms with Crippen LogP contribution >= 0.6 is 0 Å². The molecule has 0 amide bonds. The molecule has 0 spiro atoms. The Morgan fingerprint density at radius 3 is 2.56 bits per heavy atom. The highest BCUT2D eigenvalue weighted by Gasteiger charge is 2.12. The third-order valence-electron chi connectivity index (χ3n) is 2.55. The maximum atomic E-state index is 11.2. The molecule has 0 fully saturated rings. The maximum absolute atomic E-state index is 11.2. The van der Waals surface area contributed by atoms with Crippen molar-refractivity contribution in [3.63, 3.8) is 0 Å². The van der Waals surface area contributed by atoms with Gasteiger partial charge in [0.05, 0.1) is 0 Å². The van der Waals surface area contributed by atoms with Gasteiger partial charge in [0.2, 0.25) is 0 Å². The zero-order valence-electron chi connectivity index (χ0n) is 9.93. The lowest BCUT2D eigenvalue weighted by atomic mass is 10.1. The average molecular weight is 240 g/mol. The van der Waals surface area contributed by atoms with E-state index in [0.717, 1.165) is 10.8 Å². The average Bonchev–Trinajstić information content (AvgIpc) is 2.38. The van der Waals surface area contributed by atoms with Gasteiger partial charge in [-0.3, -0.25) is 0 Å². The van der Waals surface area contributed by atoms with E-state index >= 15 is 0 Å². The fourth-order valence-electron chi connectivity index (χ4n) is 1.69. The van der Waals surface area contributed by atoms with Gasteiger partial charge in [0.15, 0.2) is 0 Å². The van der Waals surface area contributed by atoms with Gasteiger partial charge in [-0.05, 0) is 29.8 Å². The molecule has 0 aromatic heterocycles. The largest absolute Gasteiger partial charge is 0.480 e. The molecule has 0 unspecified atom stereocenters. The van der Waals surface area contributed by atoms with E-state index in [1.54, 1.807) is 19.1 Å². The number of ether oxygens (including phenoxy) is 1. The summed E-state index contributed by atoms with van der Waals surface area (Å²) in [6.45, 7) is 1.90. The van der Waals surface area contributed by atoms with Crippen LogP contribution in [0, 0.1) is 11.8 Å². The Morgan fingerprint density at radius 1 is 1.28 bits per heavy atom. The highest BCUT2D eigenvalue weighted by atomic mass is 16.5. The molecule has 0 bridgehead atoms. The van der Waals surface area contributed by atoms with E-state index in [9.17, 15) is 4.79 Å². The second kappa shape index (κ2) is 5.24. The second-order valence-electron chi connectivity index (χ2n) is 3.72. The van der Waals surface area contributed by atoms with Gasteiger partial charge >= 0.3 is 5.97 Å². The van der Waals surface area contributed by atoms with E-state index < -0.39 is 5.97 Å². The summed E-state index contributed by atoms with van der Waals surface area (Å²) in [5.41, 5.74) is 0.159. The van der Waals surface area contributed by atoms with E-state index in [-0.39, 0.29) is 12.2 Å². The Morgan fingerprint density at radius 2 is 1.94 bits per heavy atom. The van der Waals surface area contributed by atoms with Crippen molar-refractivity contribution in [2.75, 3.05) is 6.61 Å². The van der Waals surface area contributed by atoms with Crippen LogP contribution in [0.5, 0.6) is 5.75 Å². The fraction of sp³-hybridized carbons (Fsp3) is 0.133. The van der Waals surface area contributed by atoms with Gasteiger partial charge in [-0.1, -0.05) is 30.2 Å². The lowest BCUT2D eigenvalue weighted by Gasteiger charge is -2.08. The van der Waals surface area contributed by atoms with Crippen molar-refractivity contribution in [1.82, 2.24) is 0 Å². The molecule has 0 saturated carbocycles. The molecule has 0 radical (unpaired) electrons. The zero-order valence-corrected chi connectivity index (χ0v) is 9.93. The first-order valence-corrected chi connectivity index (χ1v) is 5.51. The zero-order chi connectivity index (χ0) is 13.0. The third kappa shape index (κ3) is 2.44. The molecule has 2 rings (SSSR count). The minimum atomic E-state index is -1.000. The van der Waals surface area contributed by atoms with Gasteiger partial charge < -0.3 is 9.84 Å². The van der Waals surface area contributed by atoms with Crippen LogP contribution in [-0.4, -0.2) is 17.7 Å². The number of benzene rings is 2. The maximum Gasteiger partial charge on any atom is 0.339 e. The Bertz CT molecular complexity index is 648. The molecule has 0 aliphatic carbocycles. The van der Waals surface area contributed by atoms with Crippen molar-refractivity contribution in [3.8, 4) is 17.6 Å². The number of hydrogen-bond donors (Lipinski definition) is 1. The summed E-state index contributed by atoms with van der Waals surface area (Å²) < 4.78 is 5.39. The van der Waals surface area contributed by atoms with E-state index in [4.69, 9.17) is 9.84 Å². The molecule has 2 aromatic carbocycles. The van der Waals surface area contributed by atoms with Gasteiger partial charge in [-0.2, -0.15) is 0 Å². The van der Waals surface area contributed by atoms with Crippen LogP contribution in [0.15, 0.2) is 36.4 Å². The van der Waals surface area contributed by atoms with E-state index in [2.05, 4.69) is 11.8 Å². The molecule has 0 aliphatic heterocycles. The number of fused-ring (bicyclic) bond motifs is 1. The molecular weight excluding hydrogens is 228 g/mol. The first-order valence-electron chi connectivity index (χ1n) is 5.51. The minimum Gasteiger partial charge on any atom is -0.480 e. The van der Waals surface area contributed by atoms with Crippen molar-refractivity contribution < 1.29 is 14.6 Å². The lowest BCUT2D eigenvalue weighted by molar-refractivity contribution is 0.0693. The molecule has 0 saturated heterocycles. The van der Waals surface area contributed by atoms with Gasteiger partial charge in [-0.25, -0.2) is 4.79 Å². The monoisotopic (exact) mass is 240 g/mol. The number of aromatic carboxylic acids is 1. The van der Waals surface area contributed by atoms with E-state index in [0.29, 0.717) is 5.75 Å². The van der Waals surface area contributed by atoms with Crippen molar-refractivity contribution in [3.05, 3.63) is 42.0 Å². The predicted octanol–water partition coefficient (Wildman–Crippen LogP) is 2.94. The van der Waals surface area contributed by atoms with Gasteiger partial charge in [0, 0.05) is 0 Å².